The first-order valence-corrected chi connectivity index (χ1v) is 8.19. The van der Waals surface area contributed by atoms with Crippen LogP contribution in [0.1, 0.15) is 32.4 Å². The second-order valence-electron chi connectivity index (χ2n) is 6.32. The Balaban J connectivity index is 2.38. The molecule has 0 amide bonds. The average Bonchev–Trinajstić information content (AvgIpc) is 2.53. The number of benzene rings is 2. The smallest absolute Gasteiger partial charge is 0.348 e. The summed E-state index contributed by atoms with van der Waals surface area (Å²) in [5.74, 6) is -0.0193. The summed E-state index contributed by atoms with van der Waals surface area (Å²) in [4.78, 5) is 28.4. The van der Waals surface area contributed by atoms with Crippen molar-refractivity contribution in [1.82, 2.24) is 9.55 Å². The number of para-hydroxylation sites is 1. The fourth-order valence-electron chi connectivity index (χ4n) is 2.96. The number of nitrogens with zero attached hydrogens (tertiary/aromatic N) is 2. The first-order chi connectivity index (χ1) is 11.9. The van der Waals surface area contributed by atoms with E-state index >= 15 is 0 Å². The first kappa shape index (κ1) is 16.9. The molecular formula is C20H20N2O3. The van der Waals surface area contributed by atoms with Crippen molar-refractivity contribution in [2.75, 3.05) is 0 Å². The van der Waals surface area contributed by atoms with Gasteiger partial charge in [0, 0.05) is 23.9 Å². The van der Waals surface area contributed by atoms with E-state index in [-0.39, 0.29) is 11.7 Å². The Morgan fingerprint density at radius 2 is 1.88 bits per heavy atom. The summed E-state index contributed by atoms with van der Waals surface area (Å²) in [7, 11) is 0. The van der Waals surface area contributed by atoms with Crippen LogP contribution in [0.25, 0.3) is 22.2 Å². The van der Waals surface area contributed by atoms with Gasteiger partial charge in [-0.15, -0.1) is 0 Å². The molecular weight excluding hydrogens is 316 g/mol. The molecule has 0 N–H and O–H groups in total. The first-order valence-electron chi connectivity index (χ1n) is 8.19. The molecule has 3 aromatic rings. The van der Waals surface area contributed by atoms with E-state index in [1.54, 1.807) is 22.8 Å². The van der Waals surface area contributed by atoms with Crippen LogP contribution in [0, 0.1) is 6.92 Å². The highest BCUT2D eigenvalue weighted by molar-refractivity contribution is 5.94. The Labute approximate surface area is 145 Å². The zero-order valence-corrected chi connectivity index (χ0v) is 14.7. The quantitative estimate of drug-likeness (QED) is 0.538. The predicted octanol–water partition coefficient (Wildman–Crippen LogP) is 3.88. The molecule has 0 unspecified atom stereocenters. The summed E-state index contributed by atoms with van der Waals surface area (Å²) in [5.41, 5.74) is 2.71. The van der Waals surface area contributed by atoms with E-state index < -0.39 is 5.97 Å². The van der Waals surface area contributed by atoms with Crippen LogP contribution in [-0.2, 0) is 4.79 Å². The number of aryl methyl sites for hydroxylation is 1. The van der Waals surface area contributed by atoms with Crippen LogP contribution in [0.5, 0.6) is 5.75 Å². The Bertz CT molecular complexity index is 1020. The Kier molecular flexibility index (Phi) is 4.40. The molecule has 1 heterocycles. The normalized spacial score (nSPS) is 11.1. The third kappa shape index (κ3) is 3.18. The summed E-state index contributed by atoms with van der Waals surface area (Å²) < 4.78 is 6.98. The molecule has 128 valence electrons. The van der Waals surface area contributed by atoms with Crippen LogP contribution < -0.4 is 10.4 Å². The Hall–Kier alpha value is -2.95. The predicted molar refractivity (Wildman–Crippen MR) is 97.9 cm³/mol. The molecule has 5 nitrogen and oxygen atoms in total. The molecule has 5 heteroatoms. The van der Waals surface area contributed by atoms with Crippen LogP contribution in [0.15, 0.2) is 47.3 Å². The van der Waals surface area contributed by atoms with Gasteiger partial charge in [0.25, 0.3) is 0 Å². The number of carbonyl (C=O) groups is 1. The molecule has 0 bridgehead atoms. The van der Waals surface area contributed by atoms with Gasteiger partial charge in [0.15, 0.2) is 0 Å². The lowest BCUT2D eigenvalue weighted by atomic mass is 10.0. The molecule has 0 spiro atoms. The number of aromatic nitrogens is 2. The van der Waals surface area contributed by atoms with Crippen LogP contribution in [-0.4, -0.2) is 15.5 Å². The van der Waals surface area contributed by atoms with Crippen LogP contribution in [0.4, 0.5) is 0 Å². The Morgan fingerprint density at radius 1 is 1.16 bits per heavy atom. The number of ether oxygens (including phenoxy) is 1. The highest BCUT2D eigenvalue weighted by Crippen LogP contribution is 2.33. The molecule has 3 rings (SSSR count). The number of hydrogen-bond donors (Lipinski definition) is 0. The molecule has 0 aliphatic carbocycles. The van der Waals surface area contributed by atoms with Gasteiger partial charge in [-0.25, -0.2) is 4.79 Å². The number of rotatable bonds is 3. The number of carbonyl (C=O) groups excluding carboxylic acids is 1. The van der Waals surface area contributed by atoms with Crippen molar-refractivity contribution in [1.29, 1.82) is 0 Å². The third-order valence-electron chi connectivity index (χ3n) is 3.99. The SMILES string of the molecule is CC(=O)Oc1ccccc1-c1nc(=O)n(C(C)C)c2cc(C)ccc12. The minimum absolute atomic E-state index is 0.0120. The third-order valence-corrected chi connectivity index (χ3v) is 3.99. The zero-order chi connectivity index (χ0) is 18.1. The topological polar surface area (TPSA) is 61.2 Å². The Morgan fingerprint density at radius 3 is 2.56 bits per heavy atom. The minimum atomic E-state index is -0.414. The highest BCUT2D eigenvalue weighted by atomic mass is 16.5. The molecule has 0 aliphatic heterocycles. The van der Waals surface area contributed by atoms with Gasteiger partial charge in [-0.05, 0) is 44.5 Å². The summed E-state index contributed by atoms with van der Waals surface area (Å²) >= 11 is 0. The lowest BCUT2D eigenvalue weighted by Gasteiger charge is -2.17. The summed E-state index contributed by atoms with van der Waals surface area (Å²) in [5, 5.41) is 0.846. The molecule has 2 aromatic carbocycles. The largest absolute Gasteiger partial charge is 0.426 e. The molecule has 0 saturated heterocycles. The van der Waals surface area contributed by atoms with E-state index in [2.05, 4.69) is 4.98 Å². The molecule has 0 saturated carbocycles. The van der Waals surface area contributed by atoms with E-state index in [4.69, 9.17) is 4.74 Å². The van der Waals surface area contributed by atoms with Crippen LogP contribution in [0.3, 0.4) is 0 Å². The van der Waals surface area contributed by atoms with Gasteiger partial charge >= 0.3 is 11.7 Å². The van der Waals surface area contributed by atoms with Gasteiger partial charge in [0.1, 0.15) is 5.75 Å². The van der Waals surface area contributed by atoms with E-state index in [0.717, 1.165) is 16.5 Å². The van der Waals surface area contributed by atoms with Gasteiger partial charge in [0.2, 0.25) is 0 Å². The van der Waals surface area contributed by atoms with Crippen molar-refractivity contribution in [2.24, 2.45) is 0 Å². The van der Waals surface area contributed by atoms with Gasteiger partial charge in [-0.1, -0.05) is 24.3 Å². The second kappa shape index (κ2) is 6.51. The summed E-state index contributed by atoms with van der Waals surface area (Å²) in [6.07, 6.45) is 0. The molecule has 25 heavy (non-hydrogen) atoms. The van der Waals surface area contributed by atoms with E-state index in [1.165, 1.54) is 6.92 Å². The van der Waals surface area contributed by atoms with E-state index in [9.17, 15) is 9.59 Å². The maximum atomic E-state index is 12.7. The lowest BCUT2D eigenvalue weighted by Crippen LogP contribution is -2.25. The average molecular weight is 336 g/mol. The fraction of sp³-hybridized carbons (Fsp3) is 0.250. The highest BCUT2D eigenvalue weighted by Gasteiger charge is 2.17. The fourth-order valence-corrected chi connectivity index (χ4v) is 2.96. The molecule has 0 atom stereocenters. The monoisotopic (exact) mass is 336 g/mol. The maximum absolute atomic E-state index is 12.7. The molecule has 0 fully saturated rings. The molecule has 0 radical (unpaired) electrons. The summed E-state index contributed by atoms with van der Waals surface area (Å²) in [6, 6.07) is 13.0. The standard InChI is InChI=1S/C20H20N2O3/c1-12(2)22-17-11-13(3)9-10-15(17)19(21-20(22)24)16-7-5-6-8-18(16)25-14(4)23/h5-12H,1-4H3. The summed E-state index contributed by atoms with van der Waals surface area (Å²) in [6.45, 7) is 7.25. The molecule has 0 aliphatic rings. The molecule has 1 aromatic heterocycles. The zero-order valence-electron chi connectivity index (χ0n) is 14.7. The van der Waals surface area contributed by atoms with Crippen molar-refractivity contribution >= 4 is 16.9 Å². The number of hydrogen-bond acceptors (Lipinski definition) is 4. The van der Waals surface area contributed by atoms with Crippen LogP contribution >= 0.6 is 0 Å². The number of fused-ring (bicyclic) bond motifs is 1. The van der Waals surface area contributed by atoms with Crippen molar-refractivity contribution in [3.05, 3.63) is 58.5 Å². The van der Waals surface area contributed by atoms with Crippen molar-refractivity contribution in [3.8, 4) is 17.0 Å². The second-order valence-corrected chi connectivity index (χ2v) is 6.32. The van der Waals surface area contributed by atoms with E-state index in [0.29, 0.717) is 17.0 Å². The lowest BCUT2D eigenvalue weighted by molar-refractivity contribution is -0.131. The minimum Gasteiger partial charge on any atom is -0.426 e. The van der Waals surface area contributed by atoms with Crippen molar-refractivity contribution in [2.45, 2.75) is 33.7 Å². The van der Waals surface area contributed by atoms with Crippen LogP contribution in [0.2, 0.25) is 0 Å². The van der Waals surface area contributed by atoms with Crippen molar-refractivity contribution in [3.63, 3.8) is 0 Å². The van der Waals surface area contributed by atoms with Gasteiger partial charge in [-0.3, -0.25) is 9.36 Å². The maximum Gasteiger partial charge on any atom is 0.348 e. The van der Waals surface area contributed by atoms with E-state index in [1.807, 2.05) is 45.0 Å². The number of esters is 1. The van der Waals surface area contributed by atoms with Gasteiger partial charge in [-0.2, -0.15) is 4.98 Å². The van der Waals surface area contributed by atoms with Crippen molar-refractivity contribution < 1.29 is 9.53 Å². The van der Waals surface area contributed by atoms with Gasteiger partial charge < -0.3 is 4.74 Å². The van der Waals surface area contributed by atoms with Gasteiger partial charge in [0.05, 0.1) is 11.2 Å².